The topological polar surface area (TPSA) is 89.3 Å². The van der Waals surface area contributed by atoms with E-state index in [1.54, 1.807) is 0 Å². The highest BCUT2D eigenvalue weighted by molar-refractivity contribution is 5.92. The van der Waals surface area contributed by atoms with Crippen molar-refractivity contribution in [3.05, 3.63) is 12.7 Å². The minimum atomic E-state index is -0.793. The van der Waals surface area contributed by atoms with Crippen LogP contribution >= 0.6 is 0 Å². The fourth-order valence-electron chi connectivity index (χ4n) is 2.04. The second-order valence-corrected chi connectivity index (χ2v) is 5.54. The number of unbranched alkanes of at least 4 members (excludes halogenated alkanes) is 1. The lowest BCUT2D eigenvalue weighted by molar-refractivity contribution is -0.130. The molecule has 21 heavy (non-hydrogen) atoms. The molecule has 0 unspecified atom stereocenters. The maximum absolute atomic E-state index is 12.2. The molecule has 0 spiro atoms. The van der Waals surface area contributed by atoms with E-state index in [2.05, 4.69) is 11.9 Å². The Kier molecular flexibility index (Phi) is 10.2. The summed E-state index contributed by atoms with van der Waals surface area (Å²) in [4.78, 5) is 35.0. The highest BCUT2D eigenvalue weighted by Crippen LogP contribution is 2.13. The number of rotatable bonds is 12. The Morgan fingerprint density at radius 2 is 1.95 bits per heavy atom. The molecule has 2 amide bonds. The van der Waals surface area contributed by atoms with Gasteiger partial charge in [-0.1, -0.05) is 26.3 Å². The Bertz CT molecular complexity index is 367. The normalized spacial score (nSPS) is 13.2. The van der Waals surface area contributed by atoms with E-state index in [9.17, 15) is 14.4 Å². The molecule has 0 rings (SSSR count). The van der Waals surface area contributed by atoms with E-state index in [4.69, 9.17) is 5.73 Å². The fourth-order valence-corrected chi connectivity index (χ4v) is 2.04. The molecule has 0 aliphatic carbocycles. The van der Waals surface area contributed by atoms with Crippen LogP contribution in [0.1, 0.15) is 58.8 Å². The third-order valence-corrected chi connectivity index (χ3v) is 3.30. The zero-order valence-electron chi connectivity index (χ0n) is 13.2. The molecule has 0 aromatic rings. The quantitative estimate of drug-likeness (QED) is 0.540. The fraction of sp³-hybridized carbons (Fsp3) is 0.688. The smallest absolute Gasteiger partial charge is 0.220 e. The van der Waals surface area contributed by atoms with Gasteiger partial charge in [0.05, 0.1) is 12.5 Å². The number of nitrogens with one attached hydrogen (secondary N) is 1. The maximum Gasteiger partial charge on any atom is 0.220 e. The molecule has 120 valence electrons. The lowest BCUT2D eigenvalue weighted by atomic mass is 9.94. The van der Waals surface area contributed by atoms with Gasteiger partial charge in [0.25, 0.3) is 0 Å². The molecule has 5 heteroatoms. The van der Waals surface area contributed by atoms with Crippen molar-refractivity contribution in [2.45, 2.75) is 64.8 Å². The van der Waals surface area contributed by atoms with Crippen LogP contribution in [0.25, 0.3) is 0 Å². The number of hydrogen-bond acceptors (Lipinski definition) is 3. The number of hydrogen-bond donors (Lipinski definition) is 2. The molecule has 5 nitrogen and oxygen atoms in total. The van der Waals surface area contributed by atoms with Crippen LogP contribution in [0.2, 0.25) is 0 Å². The average Bonchev–Trinajstić information content (AvgIpc) is 2.41. The summed E-state index contributed by atoms with van der Waals surface area (Å²) in [5.74, 6) is -0.716. The van der Waals surface area contributed by atoms with Gasteiger partial charge in [0, 0.05) is 12.8 Å². The summed E-state index contributed by atoms with van der Waals surface area (Å²) in [5, 5.41) is 2.63. The Morgan fingerprint density at radius 1 is 1.29 bits per heavy atom. The molecule has 2 atom stereocenters. The van der Waals surface area contributed by atoms with Crippen LogP contribution in [-0.4, -0.2) is 23.6 Å². The first kappa shape index (κ1) is 19.4. The van der Waals surface area contributed by atoms with Crippen LogP contribution in [0, 0.1) is 5.92 Å². The Hall–Kier alpha value is -1.65. The summed E-state index contributed by atoms with van der Waals surface area (Å²) in [6.07, 6.45) is 5.75. The van der Waals surface area contributed by atoms with Gasteiger partial charge in [-0.15, -0.1) is 6.58 Å². The molecule has 0 saturated carbocycles. The lowest BCUT2D eigenvalue weighted by Crippen LogP contribution is -2.43. The van der Waals surface area contributed by atoms with E-state index in [1.807, 2.05) is 19.9 Å². The highest BCUT2D eigenvalue weighted by Gasteiger charge is 2.23. The Labute approximate surface area is 127 Å². The molecule has 0 heterocycles. The van der Waals surface area contributed by atoms with Crippen molar-refractivity contribution in [1.82, 2.24) is 5.32 Å². The third-order valence-electron chi connectivity index (χ3n) is 3.30. The molecule has 0 radical (unpaired) electrons. The van der Waals surface area contributed by atoms with Crippen molar-refractivity contribution in [2.24, 2.45) is 11.7 Å². The molecule has 0 saturated heterocycles. The molecule has 0 fully saturated rings. The summed E-state index contributed by atoms with van der Waals surface area (Å²) < 4.78 is 0. The zero-order chi connectivity index (χ0) is 16.3. The predicted octanol–water partition coefficient (Wildman–Crippen LogP) is 2.10. The molecule has 0 bridgehead atoms. The van der Waals surface area contributed by atoms with Gasteiger partial charge in [-0.3, -0.25) is 14.4 Å². The van der Waals surface area contributed by atoms with Crippen LogP contribution in [0.5, 0.6) is 0 Å². The molecule has 0 aliphatic rings. The zero-order valence-corrected chi connectivity index (χ0v) is 13.2. The van der Waals surface area contributed by atoms with E-state index < -0.39 is 11.9 Å². The Morgan fingerprint density at radius 3 is 2.48 bits per heavy atom. The van der Waals surface area contributed by atoms with Crippen LogP contribution in [-0.2, 0) is 14.4 Å². The van der Waals surface area contributed by atoms with Gasteiger partial charge >= 0.3 is 0 Å². The summed E-state index contributed by atoms with van der Waals surface area (Å²) in [7, 11) is 0. The van der Waals surface area contributed by atoms with Gasteiger partial charge in [-0.2, -0.15) is 0 Å². The third kappa shape index (κ3) is 9.82. The van der Waals surface area contributed by atoms with Gasteiger partial charge < -0.3 is 11.1 Å². The van der Waals surface area contributed by atoms with Crippen LogP contribution in [0.15, 0.2) is 12.7 Å². The van der Waals surface area contributed by atoms with Crippen molar-refractivity contribution >= 4 is 17.6 Å². The average molecular weight is 296 g/mol. The standard InChI is InChI=1S/C16H28N2O3/c1-4-6-8-12(3)10-14(19)13(11-15(17)20)18-16(21)9-7-5-2/h4,12-13H,1,5-11H2,2-3H3,(H2,17,20)(H,18,21)/t12-,13+/m0/s1. The first-order valence-electron chi connectivity index (χ1n) is 7.61. The Balaban J connectivity index is 4.50. The predicted molar refractivity (Wildman–Crippen MR) is 83.5 cm³/mol. The van der Waals surface area contributed by atoms with E-state index in [0.29, 0.717) is 12.8 Å². The van der Waals surface area contributed by atoms with Crippen molar-refractivity contribution in [3.63, 3.8) is 0 Å². The summed E-state index contributed by atoms with van der Waals surface area (Å²) in [6.45, 7) is 7.61. The second-order valence-electron chi connectivity index (χ2n) is 5.54. The van der Waals surface area contributed by atoms with Crippen LogP contribution in [0.3, 0.4) is 0 Å². The number of allylic oxidation sites excluding steroid dienone is 1. The van der Waals surface area contributed by atoms with Crippen molar-refractivity contribution < 1.29 is 14.4 Å². The first-order valence-corrected chi connectivity index (χ1v) is 7.61. The molecule has 0 aromatic heterocycles. The molecule has 0 aromatic carbocycles. The van der Waals surface area contributed by atoms with Crippen molar-refractivity contribution in [1.29, 1.82) is 0 Å². The summed E-state index contributed by atoms with van der Waals surface area (Å²) >= 11 is 0. The summed E-state index contributed by atoms with van der Waals surface area (Å²) in [6, 6.07) is -0.793. The van der Waals surface area contributed by atoms with Gasteiger partial charge in [0.2, 0.25) is 11.8 Å². The number of Topliss-reactive ketones (excluding diaryl/α,β-unsaturated/α-hetero) is 1. The van der Waals surface area contributed by atoms with Gasteiger partial charge in [-0.25, -0.2) is 0 Å². The van der Waals surface area contributed by atoms with Crippen molar-refractivity contribution in [3.8, 4) is 0 Å². The van der Waals surface area contributed by atoms with E-state index in [-0.39, 0.29) is 24.0 Å². The van der Waals surface area contributed by atoms with Gasteiger partial charge in [0.1, 0.15) is 0 Å². The maximum atomic E-state index is 12.2. The molecule has 0 aliphatic heterocycles. The monoisotopic (exact) mass is 296 g/mol. The highest BCUT2D eigenvalue weighted by atomic mass is 16.2. The van der Waals surface area contributed by atoms with E-state index in [1.165, 1.54) is 0 Å². The number of carbonyl (C=O) groups is 3. The number of primary amides is 1. The minimum absolute atomic E-state index is 0.129. The molecular formula is C16H28N2O3. The van der Waals surface area contributed by atoms with E-state index in [0.717, 1.165) is 25.7 Å². The molecular weight excluding hydrogens is 268 g/mol. The largest absolute Gasteiger partial charge is 0.370 e. The number of nitrogens with two attached hydrogens (primary N) is 1. The lowest BCUT2D eigenvalue weighted by Gasteiger charge is -2.18. The molecule has 3 N–H and O–H groups in total. The van der Waals surface area contributed by atoms with Crippen LogP contribution < -0.4 is 11.1 Å². The van der Waals surface area contributed by atoms with Crippen molar-refractivity contribution in [2.75, 3.05) is 0 Å². The minimum Gasteiger partial charge on any atom is -0.370 e. The number of ketones is 1. The van der Waals surface area contributed by atoms with Gasteiger partial charge in [-0.05, 0) is 25.2 Å². The second kappa shape index (κ2) is 11.1. The van der Waals surface area contributed by atoms with Gasteiger partial charge in [0.15, 0.2) is 5.78 Å². The van der Waals surface area contributed by atoms with E-state index >= 15 is 0 Å². The number of carbonyl (C=O) groups excluding carboxylic acids is 3. The van der Waals surface area contributed by atoms with Crippen LogP contribution in [0.4, 0.5) is 0 Å². The summed E-state index contributed by atoms with van der Waals surface area (Å²) in [5.41, 5.74) is 5.16. The number of amides is 2. The first-order chi connectivity index (χ1) is 9.90. The SMILES string of the molecule is C=CCC[C@H](C)CC(=O)[C@@H](CC(N)=O)NC(=O)CCCC.